The lowest BCUT2D eigenvalue weighted by molar-refractivity contribution is 0.0937. The number of amides is 1. The molecule has 0 fully saturated rings. The molecule has 1 atom stereocenters. The van der Waals surface area contributed by atoms with Crippen LogP contribution in [0.15, 0.2) is 47.5 Å². The molecule has 0 spiro atoms. The number of sulfone groups is 1. The van der Waals surface area contributed by atoms with Crippen molar-refractivity contribution in [3.05, 3.63) is 59.5 Å². The molecule has 1 aromatic carbocycles. The fourth-order valence-electron chi connectivity index (χ4n) is 2.57. The van der Waals surface area contributed by atoms with Gasteiger partial charge in [0.2, 0.25) is 0 Å². The first kappa shape index (κ1) is 17.1. The Hall–Kier alpha value is -2.74. The first-order valence-electron chi connectivity index (χ1n) is 7.68. The van der Waals surface area contributed by atoms with E-state index in [0.717, 1.165) is 6.26 Å². The smallest absolute Gasteiger partial charge is 0.252 e. The summed E-state index contributed by atoms with van der Waals surface area (Å²) >= 11 is 0. The van der Waals surface area contributed by atoms with E-state index < -0.39 is 15.9 Å². The van der Waals surface area contributed by atoms with E-state index in [2.05, 4.69) is 15.5 Å². The third-order valence-electron chi connectivity index (χ3n) is 3.96. The lowest BCUT2D eigenvalue weighted by atomic mass is 10.1. The zero-order valence-corrected chi connectivity index (χ0v) is 14.9. The second-order valence-corrected chi connectivity index (χ2v) is 7.95. The highest BCUT2D eigenvalue weighted by atomic mass is 32.2. The molecule has 0 aliphatic carbocycles. The zero-order chi connectivity index (χ0) is 18.2. The van der Waals surface area contributed by atoms with E-state index in [9.17, 15) is 13.2 Å². The molecule has 0 radical (unpaired) electrons. The van der Waals surface area contributed by atoms with Crippen LogP contribution in [-0.4, -0.2) is 35.2 Å². The van der Waals surface area contributed by atoms with Crippen molar-refractivity contribution >= 4 is 21.4 Å². The van der Waals surface area contributed by atoms with Gasteiger partial charge in [-0.05, 0) is 43.7 Å². The Morgan fingerprint density at radius 2 is 1.96 bits per heavy atom. The van der Waals surface area contributed by atoms with Gasteiger partial charge >= 0.3 is 0 Å². The van der Waals surface area contributed by atoms with E-state index in [-0.39, 0.29) is 10.8 Å². The average Bonchev–Trinajstić information content (AvgIpc) is 2.98. The number of fused-ring (bicyclic) bond motifs is 1. The monoisotopic (exact) mass is 358 g/mol. The van der Waals surface area contributed by atoms with Gasteiger partial charge in [0.1, 0.15) is 0 Å². The van der Waals surface area contributed by atoms with E-state index in [1.54, 1.807) is 24.3 Å². The van der Waals surface area contributed by atoms with Crippen LogP contribution in [0.4, 0.5) is 0 Å². The molecule has 8 heteroatoms. The minimum absolute atomic E-state index is 0.115. The maximum absolute atomic E-state index is 12.6. The molecular formula is C17H18N4O3S. The van der Waals surface area contributed by atoms with E-state index in [1.807, 2.05) is 24.4 Å². The molecule has 2 heterocycles. The molecule has 0 saturated heterocycles. The second kappa shape index (κ2) is 6.29. The van der Waals surface area contributed by atoms with Crippen LogP contribution in [-0.2, 0) is 9.84 Å². The summed E-state index contributed by atoms with van der Waals surface area (Å²) in [6, 6.07) is 9.66. The Morgan fingerprint density at radius 3 is 2.68 bits per heavy atom. The highest BCUT2D eigenvalue weighted by molar-refractivity contribution is 7.90. The van der Waals surface area contributed by atoms with Gasteiger partial charge in [0, 0.05) is 18.0 Å². The predicted molar refractivity (Wildman–Crippen MR) is 93.2 cm³/mol. The highest BCUT2D eigenvalue weighted by Crippen LogP contribution is 2.18. The first-order chi connectivity index (χ1) is 11.8. The molecule has 130 valence electrons. The lowest BCUT2D eigenvalue weighted by Crippen LogP contribution is -2.28. The molecule has 0 bridgehead atoms. The van der Waals surface area contributed by atoms with Gasteiger partial charge in [-0.25, -0.2) is 8.42 Å². The third-order valence-corrected chi connectivity index (χ3v) is 5.07. The molecule has 1 amide bonds. The van der Waals surface area contributed by atoms with Crippen molar-refractivity contribution in [3.63, 3.8) is 0 Å². The van der Waals surface area contributed by atoms with E-state index in [1.165, 1.54) is 12.1 Å². The van der Waals surface area contributed by atoms with Crippen LogP contribution in [0.3, 0.4) is 0 Å². The van der Waals surface area contributed by atoms with Gasteiger partial charge in [0.15, 0.2) is 21.3 Å². The number of aryl methyl sites for hydroxylation is 1. The highest BCUT2D eigenvalue weighted by Gasteiger charge is 2.19. The maximum atomic E-state index is 12.6. The molecule has 1 N–H and O–H groups in total. The number of carbonyl (C=O) groups is 1. The Balaban J connectivity index is 1.89. The fourth-order valence-corrected chi connectivity index (χ4v) is 3.22. The molecule has 0 unspecified atom stereocenters. The topological polar surface area (TPSA) is 93.4 Å². The summed E-state index contributed by atoms with van der Waals surface area (Å²) in [6.07, 6.45) is 2.94. The standard InChI is InChI=1S/C17H18N4O3S/c1-11-7-8-13(25(3,23)24)10-14(11)17(22)18-12(2)16-20-19-15-6-4-5-9-21(15)16/h4-10,12H,1-3H3,(H,18,22)/t12-/m1/s1. The first-order valence-corrected chi connectivity index (χ1v) is 9.58. The van der Waals surface area contributed by atoms with E-state index in [0.29, 0.717) is 22.6 Å². The van der Waals surface area contributed by atoms with Crippen LogP contribution >= 0.6 is 0 Å². The summed E-state index contributed by atoms with van der Waals surface area (Å²) < 4.78 is 25.2. The molecule has 3 rings (SSSR count). The third kappa shape index (κ3) is 3.39. The largest absolute Gasteiger partial charge is 0.342 e. The lowest BCUT2D eigenvalue weighted by Gasteiger charge is -2.14. The van der Waals surface area contributed by atoms with Crippen LogP contribution in [0.2, 0.25) is 0 Å². The molecule has 7 nitrogen and oxygen atoms in total. The van der Waals surface area contributed by atoms with Crippen LogP contribution in [0.1, 0.15) is 34.7 Å². The van der Waals surface area contributed by atoms with Gasteiger partial charge < -0.3 is 5.32 Å². The summed E-state index contributed by atoms with van der Waals surface area (Å²) in [4.78, 5) is 12.7. The van der Waals surface area contributed by atoms with Crippen molar-refractivity contribution < 1.29 is 13.2 Å². The number of hydrogen-bond donors (Lipinski definition) is 1. The van der Waals surface area contributed by atoms with Gasteiger partial charge in [-0.1, -0.05) is 12.1 Å². The Labute approximate surface area is 145 Å². The van der Waals surface area contributed by atoms with Crippen molar-refractivity contribution in [1.29, 1.82) is 0 Å². The molecular weight excluding hydrogens is 340 g/mol. The number of nitrogens with zero attached hydrogens (tertiary/aromatic N) is 3. The minimum Gasteiger partial charge on any atom is -0.342 e. The number of benzene rings is 1. The molecule has 2 aromatic heterocycles. The molecule has 0 saturated carbocycles. The van der Waals surface area contributed by atoms with Gasteiger partial charge in [0.25, 0.3) is 5.91 Å². The molecule has 3 aromatic rings. The van der Waals surface area contributed by atoms with Gasteiger partial charge in [-0.2, -0.15) is 0 Å². The minimum atomic E-state index is -3.38. The Bertz CT molecular complexity index is 1060. The number of aromatic nitrogens is 3. The van der Waals surface area contributed by atoms with E-state index >= 15 is 0 Å². The number of pyridine rings is 1. The molecule has 0 aliphatic rings. The van der Waals surface area contributed by atoms with Gasteiger partial charge in [0.05, 0.1) is 10.9 Å². The number of rotatable bonds is 4. The van der Waals surface area contributed by atoms with Crippen LogP contribution in [0.25, 0.3) is 5.65 Å². The Kier molecular flexibility index (Phi) is 4.30. The summed E-state index contributed by atoms with van der Waals surface area (Å²) in [5.41, 5.74) is 1.71. The van der Waals surface area contributed by atoms with Gasteiger partial charge in [-0.3, -0.25) is 9.20 Å². The number of carbonyl (C=O) groups excluding carboxylic acids is 1. The Morgan fingerprint density at radius 1 is 1.20 bits per heavy atom. The predicted octanol–water partition coefficient (Wildman–Crippen LogP) is 1.93. The average molecular weight is 358 g/mol. The summed E-state index contributed by atoms with van der Waals surface area (Å²) in [5.74, 6) is 0.240. The van der Waals surface area contributed by atoms with Crippen molar-refractivity contribution in [2.24, 2.45) is 0 Å². The van der Waals surface area contributed by atoms with E-state index in [4.69, 9.17) is 0 Å². The van der Waals surface area contributed by atoms with Crippen LogP contribution < -0.4 is 5.32 Å². The van der Waals surface area contributed by atoms with Crippen LogP contribution in [0, 0.1) is 6.92 Å². The zero-order valence-electron chi connectivity index (χ0n) is 14.1. The normalized spacial score (nSPS) is 12.9. The number of nitrogens with one attached hydrogen (secondary N) is 1. The second-order valence-electron chi connectivity index (χ2n) is 5.93. The SMILES string of the molecule is Cc1ccc(S(C)(=O)=O)cc1C(=O)N[C@H](C)c1nnc2ccccn12. The summed E-state index contributed by atoms with van der Waals surface area (Å²) in [7, 11) is -3.38. The fraction of sp³-hybridized carbons (Fsp3) is 0.235. The van der Waals surface area contributed by atoms with Crippen molar-refractivity contribution in [2.45, 2.75) is 24.8 Å². The van der Waals surface area contributed by atoms with Crippen molar-refractivity contribution in [3.8, 4) is 0 Å². The summed E-state index contributed by atoms with van der Waals surface area (Å²) in [5, 5.41) is 11.0. The van der Waals surface area contributed by atoms with Crippen molar-refractivity contribution in [1.82, 2.24) is 19.9 Å². The molecule has 0 aliphatic heterocycles. The molecule has 25 heavy (non-hydrogen) atoms. The summed E-state index contributed by atoms with van der Waals surface area (Å²) in [6.45, 7) is 3.56. The maximum Gasteiger partial charge on any atom is 0.252 e. The number of hydrogen-bond acceptors (Lipinski definition) is 5. The van der Waals surface area contributed by atoms with Crippen LogP contribution in [0.5, 0.6) is 0 Å². The quantitative estimate of drug-likeness (QED) is 0.769. The van der Waals surface area contributed by atoms with Crippen molar-refractivity contribution in [2.75, 3.05) is 6.26 Å². The van der Waals surface area contributed by atoms with Gasteiger partial charge in [-0.15, -0.1) is 10.2 Å².